The summed E-state index contributed by atoms with van der Waals surface area (Å²) < 4.78 is 43.8. The molecule has 2 N–H and O–H groups in total. The Bertz CT molecular complexity index is 2210. The number of ether oxygens (including phenoxy) is 8. The van der Waals surface area contributed by atoms with Gasteiger partial charge in [-0.2, -0.15) is 0 Å². The maximum absolute atomic E-state index is 13.1. The molecule has 1 atom stereocenters. The van der Waals surface area contributed by atoms with Gasteiger partial charge in [0.2, 0.25) is 11.8 Å². The number of nitrogens with zero attached hydrogens (tertiary/aromatic N) is 5. The van der Waals surface area contributed by atoms with Crippen molar-refractivity contribution in [3.63, 3.8) is 0 Å². The lowest BCUT2D eigenvalue weighted by atomic mass is 9.95. The summed E-state index contributed by atoms with van der Waals surface area (Å²) in [4.78, 5) is 59.7. The fourth-order valence-electron chi connectivity index (χ4n) is 6.53. The Balaban J connectivity index is 1.23. The number of carbonyl (C=O) groups is 4. The van der Waals surface area contributed by atoms with Gasteiger partial charge < -0.3 is 48.5 Å². The summed E-state index contributed by atoms with van der Waals surface area (Å²) >= 11 is 0. The molecule has 1 aromatic heterocycles. The predicted octanol–water partition coefficient (Wildman–Crippen LogP) is 7.11. The smallest absolute Gasteiger partial charge is 0.416 e. The first-order valence-electron chi connectivity index (χ1n) is 22.1. The van der Waals surface area contributed by atoms with E-state index in [1.807, 2.05) is 60.7 Å². The van der Waals surface area contributed by atoms with E-state index in [4.69, 9.17) is 43.4 Å². The Labute approximate surface area is 391 Å². The predicted molar refractivity (Wildman–Crippen MR) is 251 cm³/mol. The lowest BCUT2D eigenvalue weighted by Crippen LogP contribution is -2.39. The summed E-state index contributed by atoms with van der Waals surface area (Å²) in [7, 11) is 2.80. The first-order chi connectivity index (χ1) is 32.4. The van der Waals surface area contributed by atoms with Crippen molar-refractivity contribution in [2.24, 2.45) is 5.11 Å². The van der Waals surface area contributed by atoms with Crippen LogP contribution in [0.15, 0.2) is 84.1 Å². The highest BCUT2D eigenvalue weighted by molar-refractivity contribution is 6.00. The van der Waals surface area contributed by atoms with Crippen LogP contribution in [-0.2, 0) is 42.8 Å². The van der Waals surface area contributed by atoms with Gasteiger partial charge in [0.1, 0.15) is 29.5 Å². The Morgan fingerprint density at radius 1 is 0.791 bits per heavy atom. The summed E-state index contributed by atoms with van der Waals surface area (Å²) in [5.74, 6) is 0.276. The molecule has 0 saturated heterocycles. The fourth-order valence-corrected chi connectivity index (χ4v) is 6.53. The van der Waals surface area contributed by atoms with Crippen LogP contribution in [0.3, 0.4) is 0 Å². The number of benzene rings is 3. The number of amides is 3. The average Bonchev–Trinajstić information content (AvgIpc) is 3.32. The van der Waals surface area contributed by atoms with Gasteiger partial charge in [-0.3, -0.25) is 19.3 Å². The molecule has 4 aromatic rings. The highest BCUT2D eigenvalue weighted by Crippen LogP contribution is 2.35. The molecule has 0 fully saturated rings. The van der Waals surface area contributed by atoms with Crippen LogP contribution in [0.5, 0.6) is 11.5 Å². The molecule has 0 aliphatic carbocycles. The number of nitrogens with one attached hydrogen (secondary N) is 2. The molecule has 3 aromatic carbocycles. The molecule has 0 radical (unpaired) electrons. The molecular formula is C48H63N7O12. The van der Waals surface area contributed by atoms with Crippen LogP contribution in [0.25, 0.3) is 32.3 Å². The van der Waals surface area contributed by atoms with E-state index in [2.05, 4.69) is 25.6 Å². The number of esters is 1. The molecule has 0 bridgehead atoms. The quantitative estimate of drug-likeness (QED) is 0.0175. The van der Waals surface area contributed by atoms with Crippen LogP contribution in [0.2, 0.25) is 0 Å². The minimum Gasteiger partial charge on any atom is -0.497 e. The van der Waals surface area contributed by atoms with E-state index in [0.29, 0.717) is 96.0 Å². The third-order valence-electron chi connectivity index (χ3n) is 9.77. The second-order valence-corrected chi connectivity index (χ2v) is 15.9. The van der Waals surface area contributed by atoms with Crippen LogP contribution in [0.4, 0.5) is 10.6 Å². The van der Waals surface area contributed by atoms with Crippen molar-refractivity contribution in [3.8, 4) is 22.6 Å². The largest absolute Gasteiger partial charge is 0.497 e. The zero-order valence-electron chi connectivity index (χ0n) is 39.0. The second-order valence-electron chi connectivity index (χ2n) is 15.9. The third-order valence-corrected chi connectivity index (χ3v) is 9.77. The van der Waals surface area contributed by atoms with E-state index in [1.165, 1.54) is 25.3 Å². The Kier molecular flexibility index (Phi) is 23.2. The highest BCUT2D eigenvalue weighted by Gasteiger charge is 2.25. The zero-order chi connectivity index (χ0) is 48.3. The van der Waals surface area contributed by atoms with Gasteiger partial charge in [0.05, 0.1) is 86.1 Å². The molecule has 0 saturated carbocycles. The molecule has 362 valence electrons. The Morgan fingerprint density at radius 2 is 1.45 bits per heavy atom. The molecule has 19 nitrogen and oxygen atoms in total. The number of anilines is 1. The molecule has 4 rings (SSSR count). The molecule has 0 spiro atoms. The monoisotopic (exact) mass is 929 g/mol. The minimum absolute atomic E-state index is 0.112. The van der Waals surface area contributed by atoms with E-state index in [0.717, 1.165) is 27.6 Å². The molecule has 67 heavy (non-hydrogen) atoms. The summed E-state index contributed by atoms with van der Waals surface area (Å²) in [5.41, 5.74) is 10.1. The lowest BCUT2D eigenvalue weighted by molar-refractivity contribution is -0.141. The molecule has 0 aliphatic heterocycles. The number of hydrogen-bond donors (Lipinski definition) is 2. The number of hydrogen-bond acceptors (Lipinski definition) is 14. The average molecular weight is 930 g/mol. The molecule has 0 unspecified atom stereocenters. The summed E-state index contributed by atoms with van der Waals surface area (Å²) in [6, 6.07) is 22.0. The summed E-state index contributed by atoms with van der Waals surface area (Å²) in [6.45, 7) is 9.19. The molecule has 1 heterocycles. The van der Waals surface area contributed by atoms with Crippen molar-refractivity contribution < 1.29 is 57.1 Å². The number of azide groups is 1. The van der Waals surface area contributed by atoms with Gasteiger partial charge in [-0.1, -0.05) is 59.7 Å². The third kappa shape index (κ3) is 19.5. The summed E-state index contributed by atoms with van der Waals surface area (Å²) in [6.07, 6.45) is 1.84. The van der Waals surface area contributed by atoms with Crippen LogP contribution >= 0.6 is 0 Å². The van der Waals surface area contributed by atoms with E-state index in [-0.39, 0.29) is 31.8 Å². The Hall–Kier alpha value is -6.50. The van der Waals surface area contributed by atoms with Crippen molar-refractivity contribution in [2.75, 3.05) is 98.2 Å². The number of unbranched alkanes of at least 4 members (excludes halogenated alkanes) is 1. The van der Waals surface area contributed by atoms with E-state index in [1.54, 1.807) is 32.9 Å². The first-order valence-corrected chi connectivity index (χ1v) is 22.1. The van der Waals surface area contributed by atoms with Gasteiger partial charge in [0.15, 0.2) is 0 Å². The van der Waals surface area contributed by atoms with Crippen LogP contribution in [0, 0.1) is 0 Å². The van der Waals surface area contributed by atoms with Gasteiger partial charge in [0.25, 0.3) is 0 Å². The van der Waals surface area contributed by atoms with Gasteiger partial charge in [-0.05, 0) is 73.4 Å². The van der Waals surface area contributed by atoms with E-state index < -0.39 is 29.6 Å². The van der Waals surface area contributed by atoms with Gasteiger partial charge >= 0.3 is 12.1 Å². The number of pyridine rings is 1. The number of carbonyl (C=O) groups excluding carboxylic acids is 4. The molecular weight excluding hydrogens is 867 g/mol. The molecule has 19 heteroatoms. The van der Waals surface area contributed by atoms with Crippen molar-refractivity contribution in [1.82, 2.24) is 15.6 Å². The zero-order valence-corrected chi connectivity index (χ0v) is 39.0. The lowest BCUT2D eigenvalue weighted by Gasteiger charge is -2.27. The van der Waals surface area contributed by atoms with E-state index in [9.17, 15) is 19.2 Å². The maximum atomic E-state index is 13.1. The SMILES string of the molecule is COC(=O)C[C@H](NC(=O)CNC(=O)CCCCN(C(=O)OC(C)(C)C)c1cc(OC)ccn1)c1ccc(-c2ccc(OCCOCCOCCOCCOCCN=[N+]=[N-])c3ccccc23)cc1. The van der Waals surface area contributed by atoms with Crippen molar-refractivity contribution in [2.45, 2.75) is 58.1 Å². The van der Waals surface area contributed by atoms with Crippen LogP contribution in [-0.4, -0.2) is 128 Å². The van der Waals surface area contributed by atoms with E-state index >= 15 is 0 Å². The molecule has 3 amide bonds. The van der Waals surface area contributed by atoms with Crippen molar-refractivity contribution in [1.29, 1.82) is 0 Å². The maximum Gasteiger partial charge on any atom is 0.416 e. The number of aromatic nitrogens is 1. The van der Waals surface area contributed by atoms with Gasteiger partial charge in [0, 0.05) is 42.1 Å². The number of rotatable bonds is 30. The Morgan fingerprint density at radius 3 is 2.09 bits per heavy atom. The van der Waals surface area contributed by atoms with Crippen molar-refractivity contribution >= 4 is 40.5 Å². The highest BCUT2D eigenvalue weighted by atomic mass is 16.6. The number of methoxy groups -OCH3 is 2. The second kappa shape index (κ2) is 29.2. The topological polar surface area (TPSA) is 231 Å². The van der Waals surface area contributed by atoms with Gasteiger partial charge in [-0.15, -0.1) is 0 Å². The van der Waals surface area contributed by atoms with Gasteiger partial charge in [-0.25, -0.2) is 9.78 Å². The normalized spacial score (nSPS) is 11.5. The first kappa shape index (κ1) is 53.1. The van der Waals surface area contributed by atoms with Crippen LogP contribution in [0.1, 0.15) is 58.1 Å². The number of fused-ring (bicyclic) bond motifs is 1. The molecule has 0 aliphatic rings. The standard InChI is InChI=1S/C48H63N7O12/c1-48(2,3)67-47(59)55(43-32-37(60-4)19-20-50-43)22-9-8-12-44(56)51-34-45(57)53-41(33-46(58)61-5)36-15-13-35(14-16-36)38-17-18-42(40-11-7-6-10-39(38)40)66-31-30-65-29-28-64-27-26-63-25-24-62-23-21-52-54-49/h6-7,10-11,13-20,32,41H,8-9,12,21-31,33-34H2,1-5H3,(H,51,56)(H,53,57)/t41-/m0/s1. The summed E-state index contributed by atoms with van der Waals surface area (Å²) in [5, 5.41) is 10.8. The minimum atomic E-state index is -0.725. The van der Waals surface area contributed by atoms with Crippen LogP contribution < -0.4 is 25.0 Å². The van der Waals surface area contributed by atoms with Crippen molar-refractivity contribution in [3.05, 3.63) is 95.0 Å². The fraction of sp³-hybridized carbons (Fsp3) is 0.479.